The first-order chi connectivity index (χ1) is 8.27. The minimum Gasteiger partial charge on any atom is -0.465 e. The van der Waals surface area contributed by atoms with Crippen molar-refractivity contribution in [3.63, 3.8) is 0 Å². The first-order valence-corrected chi connectivity index (χ1v) is 5.96. The van der Waals surface area contributed by atoms with Gasteiger partial charge in [0.15, 0.2) is 0 Å². The summed E-state index contributed by atoms with van der Waals surface area (Å²) in [6.45, 7) is -0.682. The summed E-state index contributed by atoms with van der Waals surface area (Å²) >= 11 is 1.51. The lowest BCUT2D eigenvalue weighted by atomic mass is 10.0. The van der Waals surface area contributed by atoms with Crippen LogP contribution in [0, 0.1) is 0 Å². The largest absolute Gasteiger partial charge is 0.465 e. The van der Waals surface area contributed by atoms with Gasteiger partial charge in [-0.25, -0.2) is 9.18 Å². The van der Waals surface area contributed by atoms with Crippen molar-refractivity contribution in [2.75, 3.05) is 7.11 Å². The average Bonchev–Trinajstić information content (AvgIpc) is 2.90. The summed E-state index contributed by atoms with van der Waals surface area (Å²) in [5.41, 5.74) is 1.44. The predicted octanol–water partition coefficient (Wildman–Crippen LogP) is 3.67. The molecule has 2 rings (SSSR count). The lowest BCUT2D eigenvalue weighted by molar-refractivity contribution is 0.0598. The van der Waals surface area contributed by atoms with Gasteiger partial charge in [-0.1, -0.05) is 18.2 Å². The number of alkyl halides is 1. The third-order valence-corrected chi connectivity index (χ3v) is 3.40. The molecule has 1 heterocycles. The van der Waals surface area contributed by atoms with Crippen molar-refractivity contribution < 1.29 is 13.9 Å². The van der Waals surface area contributed by atoms with Crippen LogP contribution in [-0.2, 0) is 11.4 Å². The Kier molecular flexibility index (Phi) is 3.54. The molecule has 0 unspecified atom stereocenters. The molecule has 0 aliphatic heterocycles. The number of halogens is 1. The van der Waals surface area contributed by atoms with E-state index in [4.69, 9.17) is 0 Å². The number of ether oxygens (including phenoxy) is 1. The molecule has 0 saturated carbocycles. The maximum atomic E-state index is 13.1. The molecular formula is C13H11FO2S. The summed E-state index contributed by atoms with van der Waals surface area (Å²) < 4.78 is 17.8. The Hall–Kier alpha value is -1.68. The Morgan fingerprint density at radius 3 is 2.76 bits per heavy atom. The summed E-state index contributed by atoms with van der Waals surface area (Å²) in [6, 6.07) is 8.93. The molecule has 1 aromatic carbocycles. The van der Waals surface area contributed by atoms with Crippen molar-refractivity contribution in [3.05, 3.63) is 46.8 Å². The standard InChI is InChI=1S/C13H11FO2S/c1-16-13(15)10-5-2-4-9(11(10)8-14)12-6-3-7-17-12/h2-7H,8H2,1H3. The van der Waals surface area contributed by atoms with E-state index in [1.54, 1.807) is 12.1 Å². The van der Waals surface area contributed by atoms with Gasteiger partial charge >= 0.3 is 5.97 Å². The summed E-state index contributed by atoms with van der Waals surface area (Å²) in [5.74, 6) is -0.504. The van der Waals surface area contributed by atoms with E-state index in [-0.39, 0.29) is 0 Å². The number of hydrogen-bond acceptors (Lipinski definition) is 3. The molecule has 0 spiro atoms. The zero-order valence-corrected chi connectivity index (χ0v) is 10.1. The molecule has 0 saturated heterocycles. The smallest absolute Gasteiger partial charge is 0.338 e. The number of rotatable bonds is 3. The molecule has 2 aromatic rings. The van der Waals surface area contributed by atoms with Crippen molar-refractivity contribution in [1.29, 1.82) is 0 Å². The van der Waals surface area contributed by atoms with Crippen LogP contribution in [-0.4, -0.2) is 13.1 Å². The van der Waals surface area contributed by atoms with Crippen LogP contribution in [0.4, 0.5) is 4.39 Å². The molecule has 0 bridgehead atoms. The van der Waals surface area contributed by atoms with E-state index in [1.165, 1.54) is 18.4 Å². The lowest BCUT2D eigenvalue weighted by Crippen LogP contribution is -2.05. The average molecular weight is 250 g/mol. The van der Waals surface area contributed by atoms with Crippen molar-refractivity contribution in [2.24, 2.45) is 0 Å². The first kappa shape index (κ1) is 11.8. The lowest BCUT2D eigenvalue weighted by Gasteiger charge is -2.09. The fraction of sp³-hybridized carbons (Fsp3) is 0.154. The Morgan fingerprint density at radius 2 is 2.18 bits per heavy atom. The molecule has 17 heavy (non-hydrogen) atoms. The van der Waals surface area contributed by atoms with Gasteiger partial charge in [0.25, 0.3) is 0 Å². The normalized spacial score (nSPS) is 10.2. The highest BCUT2D eigenvalue weighted by atomic mass is 32.1. The molecule has 0 amide bonds. The van der Waals surface area contributed by atoms with Crippen LogP contribution in [0.1, 0.15) is 15.9 Å². The van der Waals surface area contributed by atoms with E-state index in [1.807, 2.05) is 23.6 Å². The molecule has 4 heteroatoms. The molecule has 0 N–H and O–H groups in total. The van der Waals surface area contributed by atoms with Gasteiger partial charge in [-0.3, -0.25) is 0 Å². The van der Waals surface area contributed by atoms with Crippen molar-refractivity contribution in [1.82, 2.24) is 0 Å². The van der Waals surface area contributed by atoms with Gasteiger partial charge in [-0.2, -0.15) is 0 Å². The van der Waals surface area contributed by atoms with E-state index < -0.39 is 12.6 Å². The van der Waals surface area contributed by atoms with Gasteiger partial charge in [0.2, 0.25) is 0 Å². The maximum Gasteiger partial charge on any atom is 0.338 e. The summed E-state index contributed by atoms with van der Waals surface area (Å²) in [5, 5.41) is 1.92. The molecule has 0 fully saturated rings. The fourth-order valence-corrected chi connectivity index (χ4v) is 2.47. The third-order valence-electron chi connectivity index (χ3n) is 2.50. The second-order valence-corrected chi connectivity index (χ2v) is 4.38. The van der Waals surface area contributed by atoms with Crippen LogP contribution in [0.5, 0.6) is 0 Å². The number of esters is 1. The number of thiophene rings is 1. The van der Waals surface area contributed by atoms with Gasteiger partial charge in [-0.05, 0) is 23.1 Å². The number of hydrogen-bond donors (Lipinski definition) is 0. The summed E-state index contributed by atoms with van der Waals surface area (Å²) in [7, 11) is 1.29. The minimum absolute atomic E-state index is 0.293. The topological polar surface area (TPSA) is 26.3 Å². The zero-order valence-electron chi connectivity index (χ0n) is 9.27. The Bertz CT molecular complexity index is 520. The molecule has 0 radical (unpaired) electrons. The van der Waals surface area contributed by atoms with Crippen LogP contribution in [0.25, 0.3) is 10.4 Å². The van der Waals surface area contributed by atoms with Crippen LogP contribution in [0.15, 0.2) is 35.7 Å². The molecule has 0 atom stereocenters. The van der Waals surface area contributed by atoms with Gasteiger partial charge in [0, 0.05) is 10.4 Å². The Balaban J connectivity index is 2.58. The van der Waals surface area contributed by atoms with E-state index in [2.05, 4.69) is 4.74 Å². The van der Waals surface area contributed by atoms with Crippen LogP contribution in [0.2, 0.25) is 0 Å². The van der Waals surface area contributed by atoms with E-state index in [0.29, 0.717) is 11.1 Å². The fourth-order valence-electron chi connectivity index (χ4n) is 1.69. The number of carbonyl (C=O) groups is 1. The van der Waals surface area contributed by atoms with Crippen molar-refractivity contribution in [2.45, 2.75) is 6.67 Å². The highest BCUT2D eigenvalue weighted by Crippen LogP contribution is 2.30. The Labute approximate surface area is 103 Å². The molecule has 0 aliphatic carbocycles. The maximum absolute atomic E-state index is 13.1. The molecule has 0 aliphatic rings. The number of methoxy groups -OCH3 is 1. The predicted molar refractivity (Wildman–Crippen MR) is 65.9 cm³/mol. The van der Waals surface area contributed by atoms with Crippen LogP contribution in [0.3, 0.4) is 0 Å². The van der Waals surface area contributed by atoms with Gasteiger partial charge in [0.05, 0.1) is 12.7 Å². The molecular weight excluding hydrogens is 239 g/mol. The third kappa shape index (κ3) is 2.22. The van der Waals surface area contributed by atoms with Crippen LogP contribution >= 0.6 is 11.3 Å². The highest BCUT2D eigenvalue weighted by Gasteiger charge is 2.16. The minimum atomic E-state index is -0.682. The van der Waals surface area contributed by atoms with Crippen molar-refractivity contribution >= 4 is 17.3 Å². The van der Waals surface area contributed by atoms with Crippen molar-refractivity contribution in [3.8, 4) is 10.4 Å². The SMILES string of the molecule is COC(=O)c1cccc(-c2cccs2)c1CF. The van der Waals surface area contributed by atoms with E-state index >= 15 is 0 Å². The zero-order chi connectivity index (χ0) is 12.3. The number of carbonyl (C=O) groups excluding carboxylic acids is 1. The Morgan fingerprint density at radius 1 is 1.35 bits per heavy atom. The van der Waals surface area contributed by atoms with Gasteiger partial charge in [0.1, 0.15) is 6.67 Å². The monoisotopic (exact) mass is 250 g/mol. The van der Waals surface area contributed by atoms with E-state index in [9.17, 15) is 9.18 Å². The summed E-state index contributed by atoms with van der Waals surface area (Å²) in [6.07, 6.45) is 0. The first-order valence-electron chi connectivity index (χ1n) is 5.08. The van der Waals surface area contributed by atoms with E-state index in [0.717, 1.165) is 10.4 Å². The van der Waals surface area contributed by atoms with Crippen LogP contribution < -0.4 is 0 Å². The summed E-state index contributed by atoms with van der Waals surface area (Å²) in [4.78, 5) is 12.5. The van der Waals surface area contributed by atoms with Gasteiger partial charge in [-0.15, -0.1) is 11.3 Å². The molecule has 88 valence electrons. The molecule has 1 aromatic heterocycles. The second-order valence-electron chi connectivity index (χ2n) is 3.43. The second kappa shape index (κ2) is 5.10. The quantitative estimate of drug-likeness (QED) is 0.777. The number of benzene rings is 1. The molecule has 2 nitrogen and oxygen atoms in total. The highest BCUT2D eigenvalue weighted by molar-refractivity contribution is 7.13. The van der Waals surface area contributed by atoms with Gasteiger partial charge < -0.3 is 4.74 Å².